The third-order valence-corrected chi connectivity index (χ3v) is 3.10. The zero-order valence-corrected chi connectivity index (χ0v) is 10.9. The Balaban J connectivity index is 3.22. The maximum Gasteiger partial charge on any atom is 0.306 e. The van der Waals surface area contributed by atoms with E-state index in [1.54, 1.807) is 0 Å². The van der Waals surface area contributed by atoms with E-state index in [4.69, 9.17) is 9.84 Å². The second kappa shape index (κ2) is 5.35. The highest BCUT2D eigenvalue weighted by atomic mass is 79.9. The number of aliphatic carboxylic acids is 1. The van der Waals surface area contributed by atoms with Gasteiger partial charge in [0.05, 0.1) is 13.0 Å². The zero-order chi connectivity index (χ0) is 13.2. The summed E-state index contributed by atoms with van der Waals surface area (Å²) < 4.78 is 18.5. The summed E-state index contributed by atoms with van der Waals surface area (Å²) >= 11 is 3.13. The number of halogens is 2. The van der Waals surface area contributed by atoms with E-state index in [0.717, 1.165) is 6.07 Å². The quantitative estimate of drug-likeness (QED) is 0.897. The molecule has 0 saturated heterocycles. The van der Waals surface area contributed by atoms with E-state index in [-0.39, 0.29) is 12.2 Å². The highest BCUT2D eigenvalue weighted by molar-refractivity contribution is 9.10. The van der Waals surface area contributed by atoms with Gasteiger partial charge in [0.15, 0.2) is 17.3 Å². The first-order valence-corrected chi connectivity index (χ1v) is 5.64. The number of rotatable bonds is 4. The van der Waals surface area contributed by atoms with Crippen LogP contribution in [0.5, 0.6) is 11.5 Å². The number of benzene rings is 1. The molecule has 0 amide bonds. The number of carboxylic acid groups (broad SMARTS) is 1. The van der Waals surface area contributed by atoms with Gasteiger partial charge < -0.3 is 14.9 Å². The molecule has 0 fully saturated rings. The number of carbonyl (C=O) groups is 1. The van der Waals surface area contributed by atoms with Crippen molar-refractivity contribution in [3.05, 3.63) is 21.9 Å². The van der Waals surface area contributed by atoms with Gasteiger partial charge in [-0.15, -0.1) is 0 Å². The van der Waals surface area contributed by atoms with E-state index in [9.17, 15) is 14.3 Å². The summed E-state index contributed by atoms with van der Waals surface area (Å²) in [6.07, 6.45) is 0.132. The molecule has 0 heterocycles. The van der Waals surface area contributed by atoms with Crippen molar-refractivity contribution in [2.45, 2.75) is 13.3 Å². The predicted octanol–water partition coefficient (Wildman–Crippen LogP) is 2.57. The van der Waals surface area contributed by atoms with Gasteiger partial charge in [0.2, 0.25) is 0 Å². The van der Waals surface area contributed by atoms with Gasteiger partial charge >= 0.3 is 5.97 Å². The number of hydrogen-bond acceptors (Lipinski definition) is 3. The molecule has 0 saturated carbocycles. The molecular weight excluding hydrogens is 295 g/mol. The molecule has 1 atom stereocenters. The van der Waals surface area contributed by atoms with Gasteiger partial charge in [0.1, 0.15) is 0 Å². The molecule has 0 aromatic heterocycles. The number of phenols is 1. The minimum Gasteiger partial charge on any atom is -0.502 e. The Morgan fingerprint density at radius 2 is 2.24 bits per heavy atom. The number of phenolic OH excluding ortho intramolecular Hbond substituents is 1. The molecule has 2 N–H and O–H groups in total. The van der Waals surface area contributed by atoms with Crippen molar-refractivity contribution in [1.29, 1.82) is 0 Å². The van der Waals surface area contributed by atoms with Crippen LogP contribution in [0.15, 0.2) is 10.5 Å². The number of hydrogen-bond donors (Lipinski definition) is 2. The van der Waals surface area contributed by atoms with Crippen molar-refractivity contribution in [3.63, 3.8) is 0 Å². The van der Waals surface area contributed by atoms with Gasteiger partial charge in [-0.3, -0.25) is 4.79 Å². The van der Waals surface area contributed by atoms with E-state index in [0.29, 0.717) is 10.0 Å². The number of carboxylic acids is 1. The molecule has 94 valence electrons. The smallest absolute Gasteiger partial charge is 0.306 e. The van der Waals surface area contributed by atoms with Crippen LogP contribution in [0.4, 0.5) is 4.39 Å². The van der Waals surface area contributed by atoms with Crippen LogP contribution in [0.3, 0.4) is 0 Å². The Hall–Kier alpha value is -1.30. The lowest BCUT2D eigenvalue weighted by molar-refractivity contribution is -0.141. The summed E-state index contributed by atoms with van der Waals surface area (Å²) in [7, 11) is 1.29. The molecule has 1 unspecified atom stereocenters. The van der Waals surface area contributed by atoms with Crippen molar-refractivity contribution in [1.82, 2.24) is 0 Å². The van der Waals surface area contributed by atoms with Gasteiger partial charge in [0, 0.05) is 10.0 Å². The Kier molecular flexibility index (Phi) is 4.34. The minimum absolute atomic E-state index is 0.0371. The van der Waals surface area contributed by atoms with Crippen molar-refractivity contribution >= 4 is 21.9 Å². The van der Waals surface area contributed by atoms with Gasteiger partial charge in [-0.05, 0) is 12.5 Å². The number of methoxy groups -OCH3 is 1. The first-order chi connectivity index (χ1) is 7.88. The van der Waals surface area contributed by atoms with Crippen molar-refractivity contribution in [2.24, 2.45) is 5.92 Å². The molecular formula is C11H12BrFO4. The topological polar surface area (TPSA) is 66.8 Å². The molecule has 1 aromatic rings. The van der Waals surface area contributed by atoms with Gasteiger partial charge in [0.25, 0.3) is 0 Å². The summed E-state index contributed by atoms with van der Waals surface area (Å²) in [5.41, 5.74) is 0.432. The summed E-state index contributed by atoms with van der Waals surface area (Å²) in [4.78, 5) is 10.8. The van der Waals surface area contributed by atoms with Crippen molar-refractivity contribution in [3.8, 4) is 11.5 Å². The van der Waals surface area contributed by atoms with Crippen molar-refractivity contribution in [2.75, 3.05) is 7.11 Å². The second-order valence-corrected chi connectivity index (χ2v) is 4.50. The molecule has 0 spiro atoms. The highest BCUT2D eigenvalue weighted by Gasteiger charge is 2.21. The van der Waals surface area contributed by atoms with Crippen LogP contribution in [-0.2, 0) is 11.2 Å². The van der Waals surface area contributed by atoms with Crippen molar-refractivity contribution < 1.29 is 24.1 Å². The second-order valence-electron chi connectivity index (χ2n) is 3.64. The molecule has 0 aliphatic carbocycles. The molecule has 1 aromatic carbocycles. The predicted molar refractivity (Wildman–Crippen MR) is 62.8 cm³/mol. The largest absolute Gasteiger partial charge is 0.502 e. The Bertz CT molecular complexity index is 448. The molecule has 0 radical (unpaired) electrons. The average molecular weight is 307 g/mol. The van der Waals surface area contributed by atoms with Crippen LogP contribution in [-0.4, -0.2) is 23.3 Å². The number of aromatic hydroxyl groups is 1. The standard InChI is InChI=1S/C11H12BrFO4/c1-5(11(15)16)3-6-7(12)4-8(13)9(14)10(6)17-2/h4-5,14H,3H2,1-2H3,(H,15,16). The zero-order valence-electron chi connectivity index (χ0n) is 9.33. The van der Waals surface area contributed by atoms with Crippen LogP contribution in [0.2, 0.25) is 0 Å². The first-order valence-electron chi connectivity index (χ1n) is 4.85. The monoisotopic (exact) mass is 306 g/mol. The highest BCUT2D eigenvalue weighted by Crippen LogP contribution is 2.39. The van der Waals surface area contributed by atoms with E-state index in [2.05, 4.69) is 15.9 Å². The molecule has 17 heavy (non-hydrogen) atoms. The van der Waals surface area contributed by atoms with Crippen LogP contribution >= 0.6 is 15.9 Å². The van der Waals surface area contributed by atoms with Gasteiger partial charge in [-0.2, -0.15) is 0 Å². The fraction of sp³-hybridized carbons (Fsp3) is 0.364. The van der Waals surface area contributed by atoms with E-state index in [1.165, 1.54) is 14.0 Å². The lowest BCUT2D eigenvalue weighted by Gasteiger charge is -2.14. The molecule has 6 heteroatoms. The molecule has 1 rings (SSSR count). The molecule has 0 bridgehead atoms. The Morgan fingerprint density at radius 3 is 2.71 bits per heavy atom. The van der Waals surface area contributed by atoms with Crippen LogP contribution < -0.4 is 4.74 Å². The maximum absolute atomic E-state index is 13.2. The lowest BCUT2D eigenvalue weighted by atomic mass is 10.00. The third kappa shape index (κ3) is 2.88. The first kappa shape index (κ1) is 13.8. The minimum atomic E-state index is -0.970. The van der Waals surface area contributed by atoms with Crippen LogP contribution in [0.1, 0.15) is 12.5 Å². The Labute approximate surface area is 106 Å². The SMILES string of the molecule is COc1c(O)c(F)cc(Br)c1CC(C)C(=O)O. The van der Waals surface area contributed by atoms with E-state index < -0.39 is 23.5 Å². The van der Waals surface area contributed by atoms with E-state index in [1.807, 2.05) is 0 Å². The normalized spacial score (nSPS) is 12.2. The molecule has 4 nitrogen and oxygen atoms in total. The lowest BCUT2D eigenvalue weighted by Crippen LogP contribution is -2.13. The summed E-state index contributed by atoms with van der Waals surface area (Å²) in [5.74, 6) is -3.10. The fourth-order valence-electron chi connectivity index (χ4n) is 1.43. The van der Waals surface area contributed by atoms with E-state index >= 15 is 0 Å². The number of ether oxygens (including phenoxy) is 1. The third-order valence-electron chi connectivity index (χ3n) is 2.39. The van der Waals surface area contributed by atoms with Crippen LogP contribution in [0, 0.1) is 11.7 Å². The van der Waals surface area contributed by atoms with Crippen LogP contribution in [0.25, 0.3) is 0 Å². The van der Waals surface area contributed by atoms with Gasteiger partial charge in [-0.25, -0.2) is 4.39 Å². The fourth-order valence-corrected chi connectivity index (χ4v) is 1.97. The summed E-state index contributed by atoms with van der Waals surface area (Å²) in [5, 5.41) is 18.3. The Morgan fingerprint density at radius 1 is 1.65 bits per heavy atom. The summed E-state index contributed by atoms with van der Waals surface area (Å²) in [6.45, 7) is 1.52. The van der Waals surface area contributed by atoms with Gasteiger partial charge in [-0.1, -0.05) is 22.9 Å². The summed E-state index contributed by atoms with van der Waals surface area (Å²) in [6, 6.07) is 1.09. The molecule has 0 aliphatic rings. The molecule has 0 aliphatic heterocycles. The maximum atomic E-state index is 13.2. The average Bonchev–Trinajstić information content (AvgIpc) is 2.26.